The van der Waals surface area contributed by atoms with E-state index in [-0.39, 0.29) is 0 Å². The van der Waals surface area contributed by atoms with E-state index < -0.39 is 0 Å². The molecule has 1 aromatic carbocycles. The van der Waals surface area contributed by atoms with Crippen LogP contribution >= 0.6 is 0 Å². The third kappa shape index (κ3) is 1.81. The van der Waals surface area contributed by atoms with E-state index in [0.29, 0.717) is 0 Å². The van der Waals surface area contributed by atoms with E-state index in [1.165, 1.54) is 38.8 Å². The molecule has 0 aliphatic carbocycles. The van der Waals surface area contributed by atoms with Gasteiger partial charge in [-0.25, -0.2) is 0 Å². The number of nitrogens with zero attached hydrogens (tertiary/aromatic N) is 1. The van der Waals surface area contributed by atoms with Crippen LogP contribution < -0.4 is 0 Å². The lowest BCUT2D eigenvalue weighted by Gasteiger charge is -2.35. The molecule has 0 radical (unpaired) electrons. The zero-order valence-corrected chi connectivity index (χ0v) is 9.23. The molecule has 1 nitrogen and oxygen atoms in total. The Hall–Kier alpha value is -0.820. The predicted molar refractivity (Wildman–Crippen MR) is 63.0 cm³/mol. The fraction of sp³-hybridized carbons (Fsp3) is 0.571. The molecular formula is C14H19N. The highest BCUT2D eigenvalue weighted by atomic mass is 15.2. The lowest BCUT2D eigenvalue weighted by Crippen LogP contribution is -2.37. The molecule has 0 saturated carbocycles. The van der Waals surface area contributed by atoms with Gasteiger partial charge in [0, 0.05) is 6.04 Å². The molecule has 3 rings (SSSR count). The van der Waals surface area contributed by atoms with Gasteiger partial charge in [0.05, 0.1) is 0 Å². The van der Waals surface area contributed by atoms with E-state index in [4.69, 9.17) is 0 Å². The van der Waals surface area contributed by atoms with Gasteiger partial charge in [-0.15, -0.1) is 0 Å². The summed E-state index contributed by atoms with van der Waals surface area (Å²) in [5, 5.41) is 0. The Morgan fingerprint density at radius 3 is 2.73 bits per heavy atom. The molecule has 2 atom stereocenters. The molecular weight excluding hydrogens is 182 g/mol. The van der Waals surface area contributed by atoms with Gasteiger partial charge in [0.25, 0.3) is 0 Å². The van der Waals surface area contributed by atoms with E-state index >= 15 is 0 Å². The Morgan fingerprint density at radius 1 is 1.00 bits per heavy atom. The highest BCUT2D eigenvalue weighted by Gasteiger charge is 2.31. The Kier molecular flexibility index (Phi) is 2.49. The van der Waals surface area contributed by atoms with Gasteiger partial charge < -0.3 is 4.90 Å². The maximum Gasteiger partial charge on any atom is 0.0102 e. The molecule has 2 aliphatic rings. The molecule has 0 spiro atoms. The van der Waals surface area contributed by atoms with Crippen molar-refractivity contribution < 1.29 is 0 Å². The van der Waals surface area contributed by atoms with Crippen LogP contribution in [0.3, 0.4) is 0 Å². The van der Waals surface area contributed by atoms with Crippen LogP contribution in [0.15, 0.2) is 30.3 Å². The van der Waals surface area contributed by atoms with E-state index in [2.05, 4.69) is 35.2 Å². The van der Waals surface area contributed by atoms with Gasteiger partial charge in [-0.05, 0) is 50.3 Å². The van der Waals surface area contributed by atoms with Crippen molar-refractivity contribution in [1.29, 1.82) is 0 Å². The van der Waals surface area contributed by atoms with Crippen LogP contribution in [-0.4, -0.2) is 24.0 Å². The third-order valence-electron chi connectivity index (χ3n) is 4.09. The predicted octanol–water partition coefficient (Wildman–Crippen LogP) is 3.03. The van der Waals surface area contributed by atoms with Gasteiger partial charge in [-0.3, -0.25) is 0 Å². The molecule has 2 fully saturated rings. The minimum atomic E-state index is 0.825. The molecule has 0 bridgehead atoms. The van der Waals surface area contributed by atoms with Crippen LogP contribution in [0.25, 0.3) is 0 Å². The second-order valence-corrected chi connectivity index (χ2v) is 4.96. The normalized spacial score (nSPS) is 31.5. The van der Waals surface area contributed by atoms with Crippen LogP contribution in [0.1, 0.15) is 37.2 Å². The molecule has 0 aromatic heterocycles. The summed E-state index contributed by atoms with van der Waals surface area (Å²) in [4.78, 5) is 2.69. The summed E-state index contributed by atoms with van der Waals surface area (Å²) < 4.78 is 0. The smallest absolute Gasteiger partial charge is 0.0102 e. The molecule has 0 N–H and O–H groups in total. The molecule has 1 aromatic rings. The zero-order valence-electron chi connectivity index (χ0n) is 9.23. The van der Waals surface area contributed by atoms with Gasteiger partial charge in [0.15, 0.2) is 0 Å². The number of piperidine rings is 1. The third-order valence-corrected chi connectivity index (χ3v) is 4.09. The second kappa shape index (κ2) is 3.97. The van der Waals surface area contributed by atoms with Crippen molar-refractivity contribution in [2.75, 3.05) is 13.1 Å². The van der Waals surface area contributed by atoms with Gasteiger partial charge in [0.1, 0.15) is 0 Å². The number of benzene rings is 1. The first-order chi connectivity index (χ1) is 7.43. The quantitative estimate of drug-likeness (QED) is 0.675. The SMILES string of the molecule is c1ccc([C@H]2CCN3CCC[C@H]3C2)cc1. The molecule has 80 valence electrons. The molecule has 0 amide bonds. The number of rotatable bonds is 1. The summed E-state index contributed by atoms with van der Waals surface area (Å²) in [5.41, 5.74) is 1.56. The summed E-state index contributed by atoms with van der Waals surface area (Å²) in [5.74, 6) is 0.825. The van der Waals surface area contributed by atoms with Gasteiger partial charge in [-0.1, -0.05) is 30.3 Å². The van der Waals surface area contributed by atoms with Crippen molar-refractivity contribution in [2.24, 2.45) is 0 Å². The monoisotopic (exact) mass is 201 g/mol. The molecule has 15 heavy (non-hydrogen) atoms. The first kappa shape index (κ1) is 9.41. The Bertz CT molecular complexity index is 319. The van der Waals surface area contributed by atoms with Crippen molar-refractivity contribution in [2.45, 2.75) is 37.6 Å². The summed E-state index contributed by atoms with van der Waals surface area (Å²) in [6, 6.07) is 12.0. The van der Waals surface area contributed by atoms with Crippen molar-refractivity contribution in [3.05, 3.63) is 35.9 Å². The zero-order chi connectivity index (χ0) is 10.1. The Morgan fingerprint density at radius 2 is 1.87 bits per heavy atom. The first-order valence-corrected chi connectivity index (χ1v) is 6.22. The maximum atomic E-state index is 2.69. The van der Waals surface area contributed by atoms with Gasteiger partial charge in [-0.2, -0.15) is 0 Å². The summed E-state index contributed by atoms with van der Waals surface area (Å²) >= 11 is 0. The average Bonchev–Trinajstić information content (AvgIpc) is 2.77. The lowest BCUT2D eigenvalue weighted by atomic mass is 9.85. The number of fused-ring (bicyclic) bond motifs is 1. The van der Waals surface area contributed by atoms with Crippen molar-refractivity contribution in [1.82, 2.24) is 4.90 Å². The van der Waals surface area contributed by atoms with Crippen molar-refractivity contribution in [3.63, 3.8) is 0 Å². The van der Waals surface area contributed by atoms with Crippen molar-refractivity contribution in [3.8, 4) is 0 Å². The largest absolute Gasteiger partial charge is 0.300 e. The molecule has 2 aliphatic heterocycles. The van der Waals surface area contributed by atoms with Crippen LogP contribution in [0.2, 0.25) is 0 Å². The summed E-state index contributed by atoms with van der Waals surface area (Å²) in [6.45, 7) is 2.68. The van der Waals surface area contributed by atoms with E-state index in [0.717, 1.165) is 12.0 Å². The fourth-order valence-electron chi connectivity index (χ4n) is 3.25. The fourth-order valence-corrected chi connectivity index (χ4v) is 3.25. The molecule has 2 heterocycles. The number of hydrogen-bond donors (Lipinski definition) is 0. The number of hydrogen-bond acceptors (Lipinski definition) is 1. The molecule has 1 heteroatoms. The molecule has 2 saturated heterocycles. The van der Waals surface area contributed by atoms with Crippen LogP contribution in [0.5, 0.6) is 0 Å². The topological polar surface area (TPSA) is 3.24 Å². The average molecular weight is 201 g/mol. The van der Waals surface area contributed by atoms with E-state index in [1.807, 2.05) is 0 Å². The van der Waals surface area contributed by atoms with Gasteiger partial charge >= 0.3 is 0 Å². The minimum absolute atomic E-state index is 0.825. The standard InChI is InChI=1S/C14H19N/c1-2-5-12(6-3-1)13-8-10-15-9-4-7-14(15)11-13/h1-3,5-6,13-14H,4,7-11H2/t13-,14-/m0/s1. The maximum absolute atomic E-state index is 2.69. The summed E-state index contributed by atoms with van der Waals surface area (Å²) in [6.07, 6.45) is 5.61. The van der Waals surface area contributed by atoms with E-state index in [1.54, 1.807) is 5.56 Å². The second-order valence-electron chi connectivity index (χ2n) is 4.96. The Labute approximate surface area is 92.1 Å². The first-order valence-electron chi connectivity index (χ1n) is 6.22. The minimum Gasteiger partial charge on any atom is -0.300 e. The lowest BCUT2D eigenvalue weighted by molar-refractivity contribution is 0.181. The highest BCUT2D eigenvalue weighted by molar-refractivity contribution is 5.20. The molecule has 0 unspecified atom stereocenters. The van der Waals surface area contributed by atoms with Crippen molar-refractivity contribution >= 4 is 0 Å². The van der Waals surface area contributed by atoms with Crippen LogP contribution in [0, 0.1) is 0 Å². The Balaban J connectivity index is 1.74. The summed E-state index contributed by atoms with van der Waals surface area (Å²) in [7, 11) is 0. The van der Waals surface area contributed by atoms with Crippen LogP contribution in [0.4, 0.5) is 0 Å². The van der Waals surface area contributed by atoms with Gasteiger partial charge in [0.2, 0.25) is 0 Å². The highest BCUT2D eigenvalue weighted by Crippen LogP contribution is 2.35. The van der Waals surface area contributed by atoms with E-state index in [9.17, 15) is 0 Å². The van der Waals surface area contributed by atoms with Crippen LogP contribution in [-0.2, 0) is 0 Å².